The van der Waals surface area contributed by atoms with Crippen LogP contribution in [-0.2, 0) is 18.6 Å². The van der Waals surface area contributed by atoms with E-state index in [1.807, 2.05) is 20.8 Å². The number of aliphatic hydroxyl groups is 5. The van der Waals surface area contributed by atoms with E-state index in [1.165, 1.54) is 0 Å². The van der Waals surface area contributed by atoms with Crippen molar-refractivity contribution in [3.8, 4) is 0 Å². The van der Waals surface area contributed by atoms with Crippen LogP contribution in [0.1, 0.15) is 113 Å². The summed E-state index contributed by atoms with van der Waals surface area (Å²) in [4.78, 5) is 20.4. The fraction of sp³-hybridized carbons (Fsp3) is 0.944. The monoisotopic (exact) mass is 740 g/mol. The molecule has 0 radical (unpaired) electrons. The summed E-state index contributed by atoms with van der Waals surface area (Å²) in [5, 5.41) is 55.7. The van der Waals surface area contributed by atoms with Crippen LogP contribution in [0.4, 0.5) is 0 Å². The Morgan fingerprint density at radius 3 is 2.18 bits per heavy atom. The second kappa shape index (κ2) is 15.0. The minimum Gasteiger partial charge on any atom is -0.756 e. The van der Waals surface area contributed by atoms with Gasteiger partial charge in [-0.2, -0.15) is 0 Å². The standard InChI is InChI=1S/C36H63O11P.K/c1-20(2)10-9-14-36(8,47-31-30(41)29(40)28(39)23(46-31)19-45-48(42,43)44)21-11-16-35(7)27(21)22(37)18-25-33(5)15-13-26(38)32(3,4)24(33)12-17-34(25,35)6;/h10,21-31,37-41H,9,11-19H2,1-8H3,(H2,42,43,44);/q;+1/p-1/t21?,22-,23-,24?,25?,26+,27?,28-,29+,30-,31+,33+,34-,35-,36+;/m1./s1. The molecular weight excluding hydrogens is 678 g/mol. The van der Waals surface area contributed by atoms with Gasteiger partial charge in [0.15, 0.2) is 6.29 Å². The Morgan fingerprint density at radius 1 is 0.939 bits per heavy atom. The number of fused-ring (bicyclic) bond motifs is 5. The molecule has 5 fully saturated rings. The molecule has 0 spiro atoms. The molecule has 16 atom stereocenters. The van der Waals surface area contributed by atoms with Crippen LogP contribution in [0.3, 0.4) is 0 Å². The van der Waals surface area contributed by atoms with Crippen molar-refractivity contribution >= 4 is 7.82 Å². The summed E-state index contributed by atoms with van der Waals surface area (Å²) in [6, 6.07) is 0. The predicted octanol–water partition coefficient (Wildman–Crippen LogP) is 0.814. The van der Waals surface area contributed by atoms with Crippen molar-refractivity contribution in [3.63, 3.8) is 0 Å². The van der Waals surface area contributed by atoms with Gasteiger partial charge in [-0.15, -0.1) is 0 Å². The Balaban J connectivity index is 0.00000541. The summed E-state index contributed by atoms with van der Waals surface area (Å²) < 4.78 is 28.4. The first-order valence-corrected chi connectivity index (χ1v) is 19.6. The molecule has 4 aliphatic carbocycles. The fourth-order valence-electron chi connectivity index (χ4n) is 12.0. The first-order valence-electron chi connectivity index (χ1n) is 18.1. The summed E-state index contributed by atoms with van der Waals surface area (Å²) >= 11 is 0. The van der Waals surface area contributed by atoms with E-state index in [0.29, 0.717) is 25.2 Å². The van der Waals surface area contributed by atoms with Crippen LogP contribution >= 0.6 is 7.82 Å². The maximum absolute atomic E-state index is 12.3. The average molecular weight is 741 g/mol. The molecule has 0 aromatic heterocycles. The van der Waals surface area contributed by atoms with Crippen LogP contribution in [0, 0.1) is 45.3 Å². The van der Waals surface area contributed by atoms with Gasteiger partial charge in [0.2, 0.25) is 0 Å². The van der Waals surface area contributed by atoms with Gasteiger partial charge < -0.3 is 49.3 Å². The summed E-state index contributed by atoms with van der Waals surface area (Å²) in [7, 11) is -5.14. The second-order valence-corrected chi connectivity index (χ2v) is 19.1. The Morgan fingerprint density at radius 2 is 1.57 bits per heavy atom. The summed E-state index contributed by atoms with van der Waals surface area (Å²) in [5.74, 6) is 0.394. The maximum Gasteiger partial charge on any atom is 1.00 e. The van der Waals surface area contributed by atoms with Gasteiger partial charge in [-0.3, -0.25) is 4.57 Å². The van der Waals surface area contributed by atoms with Gasteiger partial charge in [0.05, 0.1) is 24.4 Å². The van der Waals surface area contributed by atoms with E-state index in [2.05, 4.69) is 45.2 Å². The molecule has 278 valence electrons. The molecule has 1 saturated heterocycles. The van der Waals surface area contributed by atoms with Crippen LogP contribution in [0.2, 0.25) is 0 Å². The summed E-state index contributed by atoms with van der Waals surface area (Å²) in [6.07, 6.45) is 0.608. The molecule has 0 bridgehead atoms. The van der Waals surface area contributed by atoms with E-state index >= 15 is 0 Å². The molecule has 6 N–H and O–H groups in total. The van der Waals surface area contributed by atoms with Gasteiger partial charge in [0.25, 0.3) is 7.82 Å². The molecule has 11 nitrogen and oxygen atoms in total. The second-order valence-electron chi connectivity index (χ2n) is 17.9. The zero-order chi connectivity index (χ0) is 35.8. The molecule has 0 aromatic rings. The van der Waals surface area contributed by atoms with E-state index in [1.54, 1.807) is 0 Å². The van der Waals surface area contributed by atoms with E-state index < -0.39 is 56.8 Å². The van der Waals surface area contributed by atoms with Gasteiger partial charge in [-0.1, -0.05) is 46.3 Å². The molecule has 5 aliphatic rings. The molecule has 0 amide bonds. The summed E-state index contributed by atoms with van der Waals surface area (Å²) in [6.45, 7) is 16.9. The number of ether oxygens (including phenoxy) is 2. The zero-order valence-corrected chi connectivity index (χ0v) is 35.2. The number of aliphatic hydroxyl groups excluding tert-OH is 5. The number of allylic oxidation sites excluding steroid dienone is 2. The van der Waals surface area contributed by atoms with Crippen LogP contribution in [0.5, 0.6) is 0 Å². The van der Waals surface area contributed by atoms with Gasteiger partial charge in [-0.25, -0.2) is 0 Å². The fourth-order valence-corrected chi connectivity index (χ4v) is 12.3. The van der Waals surface area contributed by atoms with Crippen LogP contribution in [0.25, 0.3) is 0 Å². The minimum absolute atomic E-state index is 0. The van der Waals surface area contributed by atoms with Crippen LogP contribution in [0.15, 0.2) is 11.6 Å². The third-order valence-electron chi connectivity index (χ3n) is 14.8. The maximum atomic E-state index is 12.3. The normalized spacial score (nSPS) is 48.5. The van der Waals surface area contributed by atoms with E-state index in [4.69, 9.17) is 14.4 Å². The smallest absolute Gasteiger partial charge is 0.756 e. The predicted molar refractivity (Wildman–Crippen MR) is 177 cm³/mol. The Labute approximate surface area is 335 Å². The first kappa shape index (κ1) is 42.9. The minimum atomic E-state index is -5.14. The van der Waals surface area contributed by atoms with Gasteiger partial charge in [0.1, 0.15) is 24.4 Å². The number of rotatable bonds is 9. The van der Waals surface area contributed by atoms with Crippen molar-refractivity contribution in [1.29, 1.82) is 0 Å². The number of hydrogen-bond acceptors (Lipinski definition) is 10. The van der Waals surface area contributed by atoms with Crippen LogP contribution in [-0.4, -0.2) is 85.5 Å². The molecule has 13 heteroatoms. The SMILES string of the molecule is CC(C)=CCC[C@](C)(O[C@@H]1O[C@H](COP(=O)([O-])O)[C@@H](O)[C@H](O)[C@H]1O)C1CC[C@]2(C)C1[C@H](O)CC1[C@@]3(C)CC[C@H](O)C(C)(C)C3CC[C@]12C.[K+]. The summed E-state index contributed by atoms with van der Waals surface area (Å²) in [5.41, 5.74) is -0.289. The molecule has 0 aromatic carbocycles. The van der Waals surface area contributed by atoms with Gasteiger partial charge in [0, 0.05) is 0 Å². The quantitative estimate of drug-likeness (QED) is 0.112. The van der Waals surface area contributed by atoms with Crippen molar-refractivity contribution in [2.24, 2.45) is 45.3 Å². The van der Waals surface area contributed by atoms with Gasteiger partial charge in [-0.05, 0) is 124 Å². The molecule has 5 unspecified atom stereocenters. The molecule has 1 heterocycles. The van der Waals surface area contributed by atoms with E-state index in [9.17, 15) is 35.0 Å². The molecule has 1 aliphatic heterocycles. The number of hydrogen-bond donors (Lipinski definition) is 6. The van der Waals surface area contributed by atoms with Crippen molar-refractivity contribution < 1.29 is 105 Å². The van der Waals surface area contributed by atoms with Gasteiger partial charge >= 0.3 is 51.4 Å². The largest absolute Gasteiger partial charge is 1.00 e. The Hall–Kier alpha value is 1.21. The molecular formula is C36H62KO11P. The number of phosphoric acid groups is 1. The molecule has 4 saturated carbocycles. The average Bonchev–Trinajstić information content (AvgIpc) is 3.36. The Bertz CT molecular complexity index is 1260. The number of phosphoric ester groups is 1. The van der Waals surface area contributed by atoms with E-state index in [0.717, 1.165) is 44.1 Å². The van der Waals surface area contributed by atoms with Crippen molar-refractivity contribution in [2.45, 2.75) is 162 Å². The zero-order valence-electron chi connectivity index (χ0n) is 31.2. The third kappa shape index (κ3) is 7.59. The molecule has 49 heavy (non-hydrogen) atoms. The molecule has 5 rings (SSSR count). The van der Waals surface area contributed by atoms with Crippen molar-refractivity contribution in [1.82, 2.24) is 0 Å². The Kier molecular flexibility index (Phi) is 13.2. The van der Waals surface area contributed by atoms with Crippen molar-refractivity contribution in [3.05, 3.63) is 11.6 Å². The van der Waals surface area contributed by atoms with Crippen molar-refractivity contribution in [2.75, 3.05) is 6.61 Å². The topological polar surface area (TPSA) is 189 Å². The first-order chi connectivity index (χ1) is 22.0. The third-order valence-corrected chi connectivity index (χ3v) is 15.3. The van der Waals surface area contributed by atoms with E-state index in [-0.39, 0.29) is 96.9 Å². The van der Waals surface area contributed by atoms with Crippen LogP contribution < -0.4 is 56.3 Å².